The lowest BCUT2D eigenvalue weighted by atomic mass is 9.91. The first-order chi connectivity index (χ1) is 31.3. The number of nitrogen functional groups attached to an aromatic ring is 1. The van der Waals surface area contributed by atoms with Gasteiger partial charge in [0.15, 0.2) is 5.65 Å². The van der Waals surface area contributed by atoms with E-state index in [2.05, 4.69) is 31.2 Å². The molecule has 2 unspecified atom stereocenters. The molecule has 7 heterocycles. The molecule has 3 aromatic carbocycles. The van der Waals surface area contributed by atoms with Gasteiger partial charge >= 0.3 is 6.03 Å². The van der Waals surface area contributed by atoms with E-state index >= 15 is 0 Å². The van der Waals surface area contributed by atoms with Gasteiger partial charge in [-0.2, -0.15) is 5.10 Å². The molecule has 5 amide bonds. The predicted molar refractivity (Wildman–Crippen MR) is 242 cm³/mol. The van der Waals surface area contributed by atoms with Crippen LogP contribution in [0.2, 0.25) is 0 Å². The molecule has 5 aromatic rings. The van der Waals surface area contributed by atoms with Gasteiger partial charge in [0.05, 0.1) is 11.4 Å². The molecule has 5 aliphatic heterocycles. The Balaban J connectivity index is 0.682. The molecule has 4 saturated heterocycles. The summed E-state index contributed by atoms with van der Waals surface area (Å²) < 4.78 is 7.97. The van der Waals surface area contributed by atoms with Crippen LogP contribution in [0.4, 0.5) is 16.3 Å². The van der Waals surface area contributed by atoms with E-state index in [0.717, 1.165) is 113 Å². The number of urea groups is 1. The highest BCUT2D eigenvalue weighted by atomic mass is 16.5. The number of nitrogens with one attached hydrogen (secondary N) is 1. The van der Waals surface area contributed by atoms with Crippen LogP contribution in [-0.2, 0) is 16.1 Å². The third kappa shape index (κ3) is 8.45. The molecule has 5 aliphatic rings. The van der Waals surface area contributed by atoms with Gasteiger partial charge in [0.25, 0.3) is 5.91 Å². The molecular weight excluding hydrogens is 811 g/mol. The molecule has 2 atom stereocenters. The lowest BCUT2D eigenvalue weighted by Crippen LogP contribution is -2.54. The van der Waals surface area contributed by atoms with Crippen molar-refractivity contribution in [1.82, 2.24) is 44.7 Å². The Morgan fingerprint density at radius 2 is 1.61 bits per heavy atom. The number of piperazine rings is 1. The van der Waals surface area contributed by atoms with Crippen molar-refractivity contribution >= 4 is 46.3 Å². The molecule has 2 aromatic heterocycles. The van der Waals surface area contributed by atoms with Crippen LogP contribution in [-0.4, -0.2) is 128 Å². The van der Waals surface area contributed by atoms with E-state index in [0.29, 0.717) is 53.5 Å². The van der Waals surface area contributed by atoms with Crippen molar-refractivity contribution in [3.63, 3.8) is 0 Å². The van der Waals surface area contributed by atoms with Gasteiger partial charge in [-0.15, -0.1) is 0 Å². The van der Waals surface area contributed by atoms with Gasteiger partial charge < -0.3 is 30.1 Å². The Morgan fingerprint density at radius 1 is 0.828 bits per heavy atom. The molecule has 0 saturated carbocycles. The predicted octanol–water partition coefficient (Wildman–Crippen LogP) is 5.70. The number of aromatic nitrogens is 4. The quantitative estimate of drug-likeness (QED) is 0.165. The van der Waals surface area contributed by atoms with Crippen molar-refractivity contribution < 1.29 is 23.9 Å². The zero-order valence-corrected chi connectivity index (χ0v) is 36.1. The first kappa shape index (κ1) is 41.5. The summed E-state index contributed by atoms with van der Waals surface area (Å²) in [6.45, 7) is 7.86. The topological polar surface area (TPSA) is 175 Å². The number of ether oxygens (including phenoxy) is 1. The van der Waals surface area contributed by atoms with Crippen LogP contribution in [0.15, 0.2) is 79.1 Å². The standard InChI is InChI=1S/C48H55N11O5/c49-44-42-43(33-10-13-38(14-11-33)64-37-8-2-1-3-9-37)53-59(45(42)51-31-50-44)36-7-5-21-57(30-36)48(63)56-26-24-54(25-27-56)20-4-6-32-18-22-55(23-19-32)35-12-15-39-34(28-35)29-58(47(39)62)40-16-17-41(60)52-46(40)61/h1-3,8-15,28,31-32,36,40H,4-7,16-27,29-30H2,(H2,49,50,51)(H,52,60,61). The van der Waals surface area contributed by atoms with E-state index in [1.165, 1.54) is 12.7 Å². The van der Waals surface area contributed by atoms with E-state index in [4.69, 9.17) is 15.6 Å². The largest absolute Gasteiger partial charge is 0.457 e. The van der Waals surface area contributed by atoms with Crippen LogP contribution < -0.4 is 20.7 Å². The number of para-hydroxylation sites is 1. The third-order valence-electron chi connectivity index (χ3n) is 13.9. The first-order valence-corrected chi connectivity index (χ1v) is 22.9. The number of hydrogen-bond acceptors (Lipinski definition) is 11. The highest BCUT2D eigenvalue weighted by molar-refractivity contribution is 6.05. The molecule has 0 spiro atoms. The van der Waals surface area contributed by atoms with Gasteiger partial charge in [0.1, 0.15) is 35.4 Å². The summed E-state index contributed by atoms with van der Waals surface area (Å²) in [5, 5.41) is 8.18. The zero-order chi connectivity index (χ0) is 43.7. The molecular formula is C48H55N11O5. The summed E-state index contributed by atoms with van der Waals surface area (Å²) >= 11 is 0. The monoisotopic (exact) mass is 865 g/mol. The number of carbonyl (C=O) groups excluding carboxylic acids is 4. The fourth-order valence-electron chi connectivity index (χ4n) is 10.3. The molecule has 0 radical (unpaired) electrons. The SMILES string of the molecule is Nc1ncnc2c1c(-c1ccc(Oc3ccccc3)cc1)nn2C1CCCN(C(=O)N2CCN(CCCC3CCN(c4ccc5c(c4)CN(C4CCC(=O)NC4=O)C5=O)CC3)CC2)C1. The van der Waals surface area contributed by atoms with Crippen molar-refractivity contribution in [2.75, 3.05) is 69.5 Å². The minimum Gasteiger partial charge on any atom is -0.457 e. The van der Waals surface area contributed by atoms with Crippen molar-refractivity contribution in [1.29, 1.82) is 0 Å². The van der Waals surface area contributed by atoms with E-state index < -0.39 is 6.04 Å². The molecule has 0 aliphatic carbocycles. The summed E-state index contributed by atoms with van der Waals surface area (Å²) in [7, 11) is 0. The summed E-state index contributed by atoms with van der Waals surface area (Å²) in [5.41, 5.74) is 11.4. The van der Waals surface area contributed by atoms with Gasteiger partial charge in [-0.3, -0.25) is 24.6 Å². The normalized spacial score (nSPS) is 21.1. The molecule has 0 bridgehead atoms. The molecule has 64 heavy (non-hydrogen) atoms. The van der Waals surface area contributed by atoms with Crippen molar-refractivity contribution in [3.8, 4) is 22.8 Å². The number of fused-ring (bicyclic) bond motifs is 2. The number of rotatable bonds is 10. The van der Waals surface area contributed by atoms with Crippen molar-refractivity contribution in [3.05, 3.63) is 90.3 Å². The van der Waals surface area contributed by atoms with Crippen LogP contribution >= 0.6 is 0 Å². The smallest absolute Gasteiger partial charge is 0.320 e. The molecule has 332 valence electrons. The van der Waals surface area contributed by atoms with Crippen LogP contribution in [0.1, 0.15) is 73.3 Å². The number of piperidine rings is 3. The number of hydrogen-bond donors (Lipinski definition) is 2. The average molecular weight is 866 g/mol. The number of anilines is 2. The second-order valence-electron chi connectivity index (χ2n) is 17.9. The fourth-order valence-corrected chi connectivity index (χ4v) is 10.3. The highest BCUT2D eigenvalue weighted by Gasteiger charge is 2.39. The van der Waals surface area contributed by atoms with Gasteiger partial charge in [0.2, 0.25) is 11.8 Å². The highest BCUT2D eigenvalue weighted by Crippen LogP contribution is 2.36. The van der Waals surface area contributed by atoms with E-state index in [1.54, 1.807) is 4.90 Å². The number of nitrogens with zero attached hydrogens (tertiary/aromatic N) is 9. The van der Waals surface area contributed by atoms with Crippen LogP contribution in [0.5, 0.6) is 11.5 Å². The van der Waals surface area contributed by atoms with Crippen LogP contribution in [0.3, 0.4) is 0 Å². The minimum absolute atomic E-state index is 0.0472. The van der Waals surface area contributed by atoms with Gasteiger partial charge in [-0.25, -0.2) is 19.4 Å². The van der Waals surface area contributed by atoms with Gasteiger partial charge in [-0.05, 0) is 118 Å². The second-order valence-corrected chi connectivity index (χ2v) is 17.9. The fraction of sp³-hybridized carbons (Fsp3) is 0.438. The average Bonchev–Trinajstić information content (AvgIpc) is 3.88. The number of imide groups is 1. The van der Waals surface area contributed by atoms with Crippen molar-refractivity contribution in [2.24, 2.45) is 5.92 Å². The number of benzene rings is 3. The summed E-state index contributed by atoms with van der Waals surface area (Å²) in [4.78, 5) is 70.7. The van der Waals surface area contributed by atoms with E-state index in [9.17, 15) is 19.2 Å². The maximum Gasteiger partial charge on any atom is 0.320 e. The van der Waals surface area contributed by atoms with Crippen LogP contribution in [0.25, 0.3) is 22.3 Å². The number of likely N-dealkylation sites (tertiary alicyclic amines) is 1. The van der Waals surface area contributed by atoms with Crippen LogP contribution in [0, 0.1) is 5.92 Å². The zero-order valence-electron chi connectivity index (χ0n) is 36.1. The molecule has 16 nitrogen and oxygen atoms in total. The van der Waals surface area contributed by atoms with E-state index in [-0.39, 0.29) is 36.2 Å². The van der Waals surface area contributed by atoms with Gasteiger partial charge in [0, 0.05) is 82.1 Å². The number of amides is 5. The molecule has 3 N–H and O–H groups in total. The maximum atomic E-state index is 14.0. The Bertz CT molecular complexity index is 2530. The minimum atomic E-state index is -0.599. The van der Waals surface area contributed by atoms with Gasteiger partial charge in [-0.1, -0.05) is 18.2 Å². The van der Waals surface area contributed by atoms with E-state index in [1.807, 2.05) is 81.2 Å². The molecule has 16 heteroatoms. The maximum absolute atomic E-state index is 14.0. The summed E-state index contributed by atoms with van der Waals surface area (Å²) in [6, 6.07) is 23.0. The van der Waals surface area contributed by atoms with Crippen molar-refractivity contribution in [2.45, 2.75) is 70.0 Å². The first-order valence-electron chi connectivity index (χ1n) is 22.9. The second kappa shape index (κ2) is 17.9. The molecule has 4 fully saturated rings. The summed E-state index contributed by atoms with van der Waals surface area (Å²) in [6.07, 6.45) is 8.44. The third-order valence-corrected chi connectivity index (χ3v) is 13.9. The Kier molecular flexibility index (Phi) is 11.6. The lowest BCUT2D eigenvalue weighted by molar-refractivity contribution is -0.136. The molecule has 10 rings (SSSR count). The number of carbonyl (C=O) groups is 4. The Labute approximate surface area is 372 Å². The Hall–Kier alpha value is -6.55. The lowest BCUT2D eigenvalue weighted by Gasteiger charge is -2.40. The Morgan fingerprint density at radius 3 is 2.39 bits per heavy atom. The summed E-state index contributed by atoms with van der Waals surface area (Å²) in [5.74, 6) is 1.74. The number of nitrogens with two attached hydrogens (primary N) is 1.